The van der Waals surface area contributed by atoms with Gasteiger partial charge in [-0.15, -0.1) is 0 Å². The first-order valence-corrected chi connectivity index (χ1v) is 12.1. The Bertz CT molecular complexity index is 1780. The van der Waals surface area contributed by atoms with Gasteiger partial charge < -0.3 is 4.42 Å². The van der Waals surface area contributed by atoms with Crippen LogP contribution in [0.3, 0.4) is 0 Å². The lowest BCUT2D eigenvalue weighted by Gasteiger charge is -2.09. The second-order valence-electron chi connectivity index (χ2n) is 9.26. The van der Waals surface area contributed by atoms with E-state index in [-0.39, 0.29) is 0 Å². The Kier molecular flexibility index (Phi) is 4.41. The summed E-state index contributed by atoms with van der Waals surface area (Å²) in [5, 5.41) is 7.58. The smallest absolute Gasteiger partial charge is 0.135 e. The van der Waals surface area contributed by atoms with Gasteiger partial charge in [-0.05, 0) is 87.3 Å². The molecule has 0 saturated heterocycles. The summed E-state index contributed by atoms with van der Waals surface area (Å²) >= 11 is 0. The van der Waals surface area contributed by atoms with Gasteiger partial charge in [-0.1, -0.05) is 85.0 Å². The lowest BCUT2D eigenvalue weighted by Crippen LogP contribution is -1.92. The number of hydrogen-bond donors (Lipinski definition) is 0. The van der Waals surface area contributed by atoms with Gasteiger partial charge in [-0.2, -0.15) is 0 Å². The lowest BCUT2D eigenvalue weighted by molar-refractivity contribution is 0.669. The number of furan rings is 1. The third kappa shape index (κ3) is 3.16. The van der Waals surface area contributed by atoms with Gasteiger partial charge >= 0.3 is 0 Å². The van der Waals surface area contributed by atoms with Crippen LogP contribution in [0.2, 0.25) is 0 Å². The first kappa shape index (κ1) is 19.4. The van der Waals surface area contributed by atoms with Crippen LogP contribution in [0.25, 0.3) is 54.6 Å². The molecule has 1 aliphatic rings. The second kappa shape index (κ2) is 7.74. The lowest BCUT2D eigenvalue weighted by atomic mass is 9.94. The van der Waals surface area contributed by atoms with E-state index in [4.69, 9.17) is 4.42 Å². The first-order valence-electron chi connectivity index (χ1n) is 12.1. The van der Waals surface area contributed by atoms with E-state index < -0.39 is 0 Å². The van der Waals surface area contributed by atoms with E-state index in [0.717, 1.165) is 30.4 Å². The van der Waals surface area contributed by atoms with Gasteiger partial charge in [0.25, 0.3) is 0 Å². The second-order valence-corrected chi connectivity index (χ2v) is 9.26. The highest BCUT2D eigenvalue weighted by Crippen LogP contribution is 2.37. The molecule has 0 N–H and O–H groups in total. The monoisotopic (exact) mass is 436 g/mol. The molecule has 6 aromatic rings. The summed E-state index contributed by atoms with van der Waals surface area (Å²) in [6, 6.07) is 32.9. The van der Waals surface area contributed by atoms with Gasteiger partial charge in [0.05, 0.1) is 0 Å². The number of hydrogen-bond acceptors (Lipinski definition) is 1. The highest BCUT2D eigenvalue weighted by Gasteiger charge is 2.14. The van der Waals surface area contributed by atoms with Crippen LogP contribution in [-0.2, 0) is 6.42 Å². The maximum atomic E-state index is 6.26. The zero-order valence-corrected chi connectivity index (χ0v) is 18.9. The normalized spacial score (nSPS) is 13.8. The van der Waals surface area contributed by atoms with Crippen molar-refractivity contribution in [3.8, 4) is 11.1 Å². The zero-order valence-electron chi connectivity index (χ0n) is 18.9. The largest absolute Gasteiger partial charge is 0.456 e. The van der Waals surface area contributed by atoms with E-state index >= 15 is 0 Å². The van der Waals surface area contributed by atoms with Crippen molar-refractivity contribution in [1.29, 1.82) is 0 Å². The standard InChI is InChI=1S/C33H24O/c1-2-7-22(8-3-1)19-27-10-6-12-32-33(27)30-21-26(17-18-31(30)34-32)25-16-15-24-14-13-23-9-4-5-11-28(23)29(24)20-25/h2,4-18,20-21H,1,3,19H2. The molecule has 34 heavy (non-hydrogen) atoms. The third-order valence-corrected chi connectivity index (χ3v) is 7.13. The average Bonchev–Trinajstić information content (AvgIpc) is 3.28. The minimum atomic E-state index is 0.939. The molecule has 0 unspecified atom stereocenters. The molecule has 0 fully saturated rings. The fraction of sp³-hybridized carbons (Fsp3) is 0.0909. The van der Waals surface area contributed by atoms with Crippen LogP contribution in [0, 0.1) is 0 Å². The van der Waals surface area contributed by atoms with Crippen LogP contribution in [0.5, 0.6) is 0 Å². The molecular formula is C33H24O. The van der Waals surface area contributed by atoms with Crippen molar-refractivity contribution in [2.75, 3.05) is 0 Å². The Morgan fingerprint density at radius 3 is 2.29 bits per heavy atom. The Morgan fingerprint density at radius 2 is 1.41 bits per heavy atom. The predicted molar refractivity (Wildman–Crippen MR) is 144 cm³/mol. The minimum Gasteiger partial charge on any atom is -0.456 e. The summed E-state index contributed by atoms with van der Waals surface area (Å²) in [4.78, 5) is 0. The highest BCUT2D eigenvalue weighted by molar-refractivity contribution is 6.10. The molecule has 0 bridgehead atoms. The molecule has 5 aromatic carbocycles. The quantitative estimate of drug-likeness (QED) is 0.252. The molecule has 162 valence electrons. The van der Waals surface area contributed by atoms with Crippen LogP contribution in [0.1, 0.15) is 18.4 Å². The molecular weight excluding hydrogens is 412 g/mol. The van der Waals surface area contributed by atoms with Gasteiger partial charge in [-0.3, -0.25) is 0 Å². The SMILES string of the molecule is C1=CC(Cc2cccc3oc4ccc(-c5ccc6ccc7ccccc7c6c5)cc4c23)=CCC1. The number of allylic oxidation sites excluding steroid dienone is 4. The highest BCUT2D eigenvalue weighted by atomic mass is 16.3. The van der Waals surface area contributed by atoms with E-state index in [0.29, 0.717) is 0 Å². The van der Waals surface area contributed by atoms with E-state index in [2.05, 4.69) is 109 Å². The van der Waals surface area contributed by atoms with Crippen molar-refractivity contribution in [3.05, 3.63) is 120 Å². The molecule has 0 saturated carbocycles. The predicted octanol–water partition coefficient (Wildman–Crippen LogP) is 9.38. The van der Waals surface area contributed by atoms with E-state index in [1.54, 1.807) is 0 Å². The number of benzene rings is 5. The van der Waals surface area contributed by atoms with Gasteiger partial charge in [0.1, 0.15) is 11.2 Å². The topological polar surface area (TPSA) is 13.1 Å². The molecule has 0 radical (unpaired) electrons. The van der Waals surface area contributed by atoms with Crippen LogP contribution >= 0.6 is 0 Å². The van der Waals surface area contributed by atoms with Gasteiger partial charge in [0.15, 0.2) is 0 Å². The van der Waals surface area contributed by atoms with Gasteiger partial charge in [0, 0.05) is 10.8 Å². The van der Waals surface area contributed by atoms with Gasteiger partial charge in [-0.25, -0.2) is 0 Å². The Hall–Kier alpha value is -4.10. The maximum Gasteiger partial charge on any atom is 0.135 e. The Morgan fingerprint density at radius 1 is 0.618 bits per heavy atom. The molecule has 0 atom stereocenters. The molecule has 1 nitrogen and oxygen atoms in total. The summed E-state index contributed by atoms with van der Waals surface area (Å²) in [5.41, 5.74) is 7.09. The molecule has 7 rings (SSSR count). The Labute approximate surface area is 198 Å². The fourth-order valence-corrected chi connectivity index (χ4v) is 5.43. The molecule has 0 aliphatic heterocycles. The van der Waals surface area contributed by atoms with E-state index in [1.807, 2.05) is 0 Å². The number of fused-ring (bicyclic) bond motifs is 6. The van der Waals surface area contributed by atoms with Crippen LogP contribution in [-0.4, -0.2) is 0 Å². The molecule has 1 aromatic heterocycles. The molecule has 1 aliphatic carbocycles. The van der Waals surface area contributed by atoms with Crippen LogP contribution < -0.4 is 0 Å². The average molecular weight is 437 g/mol. The van der Waals surface area contributed by atoms with Crippen LogP contribution in [0.15, 0.2) is 119 Å². The maximum absolute atomic E-state index is 6.26. The van der Waals surface area contributed by atoms with Crippen molar-refractivity contribution in [2.45, 2.75) is 19.3 Å². The Balaban J connectivity index is 1.40. The van der Waals surface area contributed by atoms with E-state index in [9.17, 15) is 0 Å². The molecule has 1 heterocycles. The van der Waals surface area contributed by atoms with E-state index in [1.165, 1.54) is 54.6 Å². The zero-order chi connectivity index (χ0) is 22.5. The first-order chi connectivity index (χ1) is 16.8. The molecule has 0 spiro atoms. The van der Waals surface area contributed by atoms with Crippen molar-refractivity contribution >= 4 is 43.5 Å². The van der Waals surface area contributed by atoms with Gasteiger partial charge in [0.2, 0.25) is 0 Å². The fourth-order valence-electron chi connectivity index (χ4n) is 5.43. The van der Waals surface area contributed by atoms with Crippen molar-refractivity contribution in [3.63, 3.8) is 0 Å². The molecule has 0 amide bonds. The summed E-state index contributed by atoms with van der Waals surface area (Å²) < 4.78 is 6.26. The minimum absolute atomic E-state index is 0.939. The van der Waals surface area contributed by atoms with Crippen LogP contribution in [0.4, 0.5) is 0 Å². The number of rotatable bonds is 3. The van der Waals surface area contributed by atoms with Crippen molar-refractivity contribution < 1.29 is 4.42 Å². The summed E-state index contributed by atoms with van der Waals surface area (Å²) in [7, 11) is 0. The van der Waals surface area contributed by atoms with Crippen molar-refractivity contribution in [1.82, 2.24) is 0 Å². The summed E-state index contributed by atoms with van der Waals surface area (Å²) in [6.45, 7) is 0. The molecule has 1 heteroatoms. The summed E-state index contributed by atoms with van der Waals surface area (Å²) in [5.74, 6) is 0. The van der Waals surface area contributed by atoms with Crippen molar-refractivity contribution in [2.24, 2.45) is 0 Å². The summed E-state index contributed by atoms with van der Waals surface area (Å²) in [6.07, 6.45) is 10.1. The third-order valence-electron chi connectivity index (χ3n) is 7.13.